The average Bonchev–Trinajstić information content (AvgIpc) is 2.60. The Bertz CT molecular complexity index is 642. The number of rotatable bonds is 3. The highest BCUT2D eigenvalue weighted by Crippen LogP contribution is 2.31. The van der Waals surface area contributed by atoms with Crippen LogP contribution in [0.2, 0.25) is 0 Å². The van der Waals surface area contributed by atoms with Crippen LogP contribution in [-0.2, 0) is 15.6 Å². The van der Waals surface area contributed by atoms with Crippen LogP contribution in [0.15, 0.2) is 24.3 Å². The van der Waals surface area contributed by atoms with Crippen LogP contribution in [0.3, 0.4) is 0 Å². The quantitative estimate of drug-likeness (QED) is 0.872. The minimum Gasteiger partial charge on any atom is -0.398 e. The molecule has 0 spiro atoms. The number of sulfone groups is 1. The van der Waals surface area contributed by atoms with E-state index in [-0.39, 0.29) is 11.0 Å². The molecule has 0 unspecified atom stereocenters. The predicted octanol–water partition coefficient (Wildman–Crippen LogP) is 2.81. The molecular formula is C12H15NO2S2. The van der Waals surface area contributed by atoms with Gasteiger partial charge in [-0.05, 0) is 31.4 Å². The molecular weight excluding hydrogens is 254 g/mol. The topological polar surface area (TPSA) is 60.2 Å². The summed E-state index contributed by atoms with van der Waals surface area (Å²) in [5.41, 5.74) is 6.56. The largest absolute Gasteiger partial charge is 0.398 e. The summed E-state index contributed by atoms with van der Waals surface area (Å²) in [5, 5.41) is 0.675. The highest BCUT2D eigenvalue weighted by atomic mass is 32.2. The van der Waals surface area contributed by atoms with E-state index in [1.807, 2.05) is 24.3 Å². The van der Waals surface area contributed by atoms with Crippen molar-refractivity contribution in [1.82, 2.24) is 0 Å². The molecule has 1 heterocycles. The van der Waals surface area contributed by atoms with E-state index < -0.39 is 9.84 Å². The molecule has 0 saturated heterocycles. The zero-order valence-corrected chi connectivity index (χ0v) is 11.4. The van der Waals surface area contributed by atoms with Gasteiger partial charge in [0.1, 0.15) is 0 Å². The lowest BCUT2D eigenvalue weighted by Crippen LogP contribution is -2.15. The molecule has 5 heteroatoms. The lowest BCUT2D eigenvalue weighted by atomic mass is 10.2. The van der Waals surface area contributed by atoms with Crippen molar-refractivity contribution in [1.29, 1.82) is 0 Å². The lowest BCUT2D eigenvalue weighted by Gasteiger charge is -2.04. The molecule has 1 aromatic heterocycles. The Balaban J connectivity index is 2.42. The third-order valence-corrected chi connectivity index (χ3v) is 6.22. The SMILES string of the molecule is CC(C)S(=O)(=O)Cc1cc2cccc(N)c2s1. The first kappa shape index (κ1) is 12.4. The Morgan fingerprint density at radius 3 is 2.65 bits per heavy atom. The number of benzene rings is 1. The van der Waals surface area contributed by atoms with Crippen molar-refractivity contribution in [2.45, 2.75) is 24.9 Å². The maximum atomic E-state index is 11.8. The maximum Gasteiger partial charge on any atom is 0.157 e. The first-order chi connectivity index (χ1) is 7.90. The van der Waals surface area contributed by atoms with Gasteiger partial charge in [0, 0.05) is 10.6 Å². The molecule has 0 aliphatic heterocycles. The summed E-state index contributed by atoms with van der Waals surface area (Å²) in [6.07, 6.45) is 0. The summed E-state index contributed by atoms with van der Waals surface area (Å²) in [5.74, 6) is 0.101. The van der Waals surface area contributed by atoms with Gasteiger partial charge < -0.3 is 5.73 Å². The van der Waals surface area contributed by atoms with Crippen LogP contribution < -0.4 is 5.73 Å². The van der Waals surface area contributed by atoms with E-state index in [9.17, 15) is 8.42 Å². The number of anilines is 1. The summed E-state index contributed by atoms with van der Waals surface area (Å²) in [6, 6.07) is 7.58. The van der Waals surface area contributed by atoms with Crippen molar-refractivity contribution in [3.05, 3.63) is 29.1 Å². The minimum absolute atomic E-state index is 0.101. The number of fused-ring (bicyclic) bond motifs is 1. The van der Waals surface area contributed by atoms with E-state index in [0.717, 1.165) is 15.0 Å². The zero-order valence-electron chi connectivity index (χ0n) is 9.80. The van der Waals surface area contributed by atoms with Gasteiger partial charge in [0.2, 0.25) is 0 Å². The van der Waals surface area contributed by atoms with Gasteiger partial charge in [-0.15, -0.1) is 11.3 Å². The molecule has 2 N–H and O–H groups in total. The number of hydrogen-bond donors (Lipinski definition) is 1. The van der Waals surface area contributed by atoms with Crippen LogP contribution in [0, 0.1) is 0 Å². The molecule has 17 heavy (non-hydrogen) atoms. The van der Waals surface area contributed by atoms with Gasteiger partial charge in [0.05, 0.1) is 15.7 Å². The molecule has 0 saturated carbocycles. The smallest absolute Gasteiger partial charge is 0.157 e. The predicted molar refractivity (Wildman–Crippen MR) is 74.0 cm³/mol. The van der Waals surface area contributed by atoms with E-state index in [1.165, 1.54) is 11.3 Å². The molecule has 92 valence electrons. The van der Waals surface area contributed by atoms with Crippen molar-refractivity contribution in [2.24, 2.45) is 0 Å². The van der Waals surface area contributed by atoms with Crippen LogP contribution in [0.5, 0.6) is 0 Å². The fourth-order valence-electron chi connectivity index (χ4n) is 1.58. The molecule has 2 rings (SSSR count). The molecule has 3 nitrogen and oxygen atoms in total. The Morgan fingerprint density at radius 2 is 2.06 bits per heavy atom. The number of hydrogen-bond acceptors (Lipinski definition) is 4. The second kappa shape index (κ2) is 4.31. The van der Waals surface area contributed by atoms with Crippen molar-refractivity contribution < 1.29 is 8.42 Å². The van der Waals surface area contributed by atoms with Crippen molar-refractivity contribution in [3.63, 3.8) is 0 Å². The fourth-order valence-corrected chi connectivity index (χ4v) is 4.00. The molecule has 0 bridgehead atoms. The molecule has 0 aliphatic carbocycles. The van der Waals surface area contributed by atoms with Crippen LogP contribution in [0.1, 0.15) is 18.7 Å². The summed E-state index contributed by atoms with van der Waals surface area (Å²) in [4.78, 5) is 0.853. The highest BCUT2D eigenvalue weighted by Gasteiger charge is 2.18. The number of nitrogen functional groups attached to an aromatic ring is 1. The van der Waals surface area contributed by atoms with E-state index in [0.29, 0.717) is 5.69 Å². The zero-order chi connectivity index (χ0) is 12.6. The molecule has 1 aromatic carbocycles. The Morgan fingerprint density at radius 1 is 1.35 bits per heavy atom. The van der Waals surface area contributed by atoms with Gasteiger partial charge in [-0.1, -0.05) is 12.1 Å². The molecule has 0 amide bonds. The molecule has 0 aliphatic rings. The van der Waals surface area contributed by atoms with Crippen molar-refractivity contribution in [2.75, 3.05) is 5.73 Å². The van der Waals surface area contributed by atoms with Gasteiger partial charge in [-0.3, -0.25) is 0 Å². The Hall–Kier alpha value is -1.07. The third-order valence-electron chi connectivity index (χ3n) is 2.69. The summed E-state index contributed by atoms with van der Waals surface area (Å²) in [7, 11) is -3.04. The molecule has 0 radical (unpaired) electrons. The summed E-state index contributed by atoms with van der Waals surface area (Å²) < 4.78 is 24.6. The highest BCUT2D eigenvalue weighted by molar-refractivity contribution is 7.91. The standard InChI is InChI=1S/C12H15NO2S2/c1-8(2)17(14,15)7-10-6-9-4-3-5-11(13)12(9)16-10/h3-6,8H,7,13H2,1-2H3. The van der Waals surface area contributed by atoms with Crippen molar-refractivity contribution >= 4 is 36.9 Å². The van der Waals surface area contributed by atoms with Gasteiger partial charge in [0.15, 0.2) is 9.84 Å². The second-order valence-electron chi connectivity index (χ2n) is 4.33. The average molecular weight is 269 g/mol. The van der Waals surface area contributed by atoms with Gasteiger partial charge in [-0.25, -0.2) is 8.42 Å². The van der Waals surface area contributed by atoms with E-state index in [4.69, 9.17) is 5.73 Å². The monoisotopic (exact) mass is 269 g/mol. The van der Waals surface area contributed by atoms with E-state index in [1.54, 1.807) is 13.8 Å². The van der Waals surface area contributed by atoms with E-state index in [2.05, 4.69) is 0 Å². The molecule has 2 aromatic rings. The first-order valence-corrected chi connectivity index (χ1v) is 7.92. The first-order valence-electron chi connectivity index (χ1n) is 5.38. The van der Waals surface area contributed by atoms with Crippen LogP contribution >= 0.6 is 11.3 Å². The second-order valence-corrected chi connectivity index (χ2v) is 8.03. The summed E-state index contributed by atoms with van der Waals surface area (Å²) >= 11 is 1.46. The van der Waals surface area contributed by atoms with Gasteiger partial charge in [-0.2, -0.15) is 0 Å². The fraction of sp³-hybridized carbons (Fsp3) is 0.333. The minimum atomic E-state index is -3.04. The third kappa shape index (κ3) is 2.45. The number of nitrogens with two attached hydrogens (primary N) is 1. The van der Waals surface area contributed by atoms with Crippen LogP contribution in [-0.4, -0.2) is 13.7 Å². The van der Waals surface area contributed by atoms with E-state index >= 15 is 0 Å². The molecule has 0 fully saturated rings. The molecule has 0 atom stereocenters. The lowest BCUT2D eigenvalue weighted by molar-refractivity contribution is 0.587. The Labute approximate surface area is 105 Å². The van der Waals surface area contributed by atoms with Gasteiger partial charge >= 0.3 is 0 Å². The normalized spacial score (nSPS) is 12.4. The maximum absolute atomic E-state index is 11.8. The number of thiophene rings is 1. The summed E-state index contributed by atoms with van der Waals surface area (Å²) in [6.45, 7) is 3.41. The van der Waals surface area contributed by atoms with Gasteiger partial charge in [0.25, 0.3) is 0 Å². The van der Waals surface area contributed by atoms with Crippen LogP contribution in [0.4, 0.5) is 5.69 Å². The Kier molecular flexibility index (Phi) is 3.14. The van der Waals surface area contributed by atoms with Crippen LogP contribution in [0.25, 0.3) is 10.1 Å². The van der Waals surface area contributed by atoms with Crippen molar-refractivity contribution in [3.8, 4) is 0 Å².